The van der Waals surface area contributed by atoms with Crippen LogP contribution >= 0.6 is 15.9 Å². The van der Waals surface area contributed by atoms with Crippen molar-refractivity contribution in [1.82, 2.24) is 4.72 Å². The van der Waals surface area contributed by atoms with Crippen molar-refractivity contribution in [2.45, 2.75) is 0 Å². The van der Waals surface area contributed by atoms with E-state index < -0.39 is 45.7 Å². The van der Waals surface area contributed by atoms with Gasteiger partial charge in [0.25, 0.3) is 5.91 Å². The van der Waals surface area contributed by atoms with E-state index in [1.54, 1.807) is 4.72 Å². The minimum absolute atomic E-state index is 0.221. The Bertz CT molecular complexity index is 665. The molecule has 1 aliphatic rings. The Morgan fingerprint density at radius 3 is 2.58 bits per heavy atom. The maximum absolute atomic E-state index is 13.9. The van der Waals surface area contributed by atoms with Gasteiger partial charge < -0.3 is 4.74 Å². The van der Waals surface area contributed by atoms with E-state index >= 15 is 0 Å². The van der Waals surface area contributed by atoms with Gasteiger partial charge in [0.2, 0.25) is 0 Å². The van der Waals surface area contributed by atoms with Gasteiger partial charge in [-0.25, -0.2) is 17.8 Å². The van der Waals surface area contributed by atoms with Crippen molar-refractivity contribution in [2.24, 2.45) is 0 Å². The van der Waals surface area contributed by atoms with Gasteiger partial charge in [0.15, 0.2) is 17.4 Å². The number of carbonyl (C=O) groups is 1. The number of halogens is 3. The predicted octanol–water partition coefficient (Wildman–Crippen LogP) is 0.917. The summed E-state index contributed by atoms with van der Waals surface area (Å²) in [5.74, 6) is -3.45. The van der Waals surface area contributed by atoms with E-state index in [4.69, 9.17) is 0 Å². The van der Waals surface area contributed by atoms with E-state index in [0.717, 1.165) is 13.2 Å². The van der Waals surface area contributed by atoms with Gasteiger partial charge in [-0.2, -0.15) is 8.42 Å². The van der Waals surface area contributed by atoms with Crippen LogP contribution in [-0.2, 0) is 15.0 Å². The molecule has 104 valence electrons. The molecule has 19 heavy (non-hydrogen) atoms. The zero-order chi connectivity index (χ0) is 14.4. The van der Waals surface area contributed by atoms with Crippen molar-refractivity contribution in [3.05, 3.63) is 22.2 Å². The number of rotatable bonds is 2. The number of hydrogen-bond donors (Lipinski definition) is 1. The smallest absolute Gasteiger partial charge is 0.326 e. The van der Waals surface area contributed by atoms with Crippen molar-refractivity contribution in [3.63, 3.8) is 0 Å². The number of nitrogens with one attached hydrogen (secondary N) is 1. The Balaban J connectivity index is 2.70. The molecule has 0 aliphatic carbocycles. The second-order valence-corrected chi connectivity index (χ2v) is 6.02. The summed E-state index contributed by atoms with van der Waals surface area (Å²) in [6, 6.07) is 0.755. The molecule has 10 heteroatoms. The van der Waals surface area contributed by atoms with Crippen LogP contribution in [0, 0.1) is 11.6 Å². The average molecular weight is 357 g/mol. The van der Waals surface area contributed by atoms with Gasteiger partial charge in [0.1, 0.15) is 12.2 Å². The van der Waals surface area contributed by atoms with E-state index in [9.17, 15) is 22.0 Å². The Labute approximate surface area is 115 Å². The quantitative estimate of drug-likeness (QED) is 0.799. The second-order valence-electron chi connectivity index (χ2n) is 3.57. The molecule has 0 radical (unpaired) electrons. The molecule has 0 aromatic heterocycles. The van der Waals surface area contributed by atoms with Crippen LogP contribution in [-0.4, -0.2) is 28.0 Å². The van der Waals surface area contributed by atoms with Gasteiger partial charge in [-0.05, 0) is 22.0 Å². The average Bonchev–Trinajstić information content (AvgIpc) is 2.56. The lowest BCUT2D eigenvalue weighted by Crippen LogP contribution is -2.30. The summed E-state index contributed by atoms with van der Waals surface area (Å²) in [6.07, 6.45) is 0. The number of nitrogens with zero attached hydrogens (tertiary/aromatic N) is 1. The van der Waals surface area contributed by atoms with Crippen LogP contribution in [0.2, 0.25) is 0 Å². The minimum Gasteiger partial charge on any atom is -0.491 e. The largest absolute Gasteiger partial charge is 0.491 e. The third kappa shape index (κ3) is 2.25. The van der Waals surface area contributed by atoms with Gasteiger partial charge >= 0.3 is 10.2 Å². The molecule has 1 aliphatic heterocycles. The Kier molecular flexibility index (Phi) is 3.39. The van der Waals surface area contributed by atoms with Gasteiger partial charge in [0.05, 0.1) is 11.6 Å². The maximum Gasteiger partial charge on any atom is 0.326 e. The number of amides is 1. The first-order valence-corrected chi connectivity index (χ1v) is 7.06. The lowest BCUT2D eigenvalue weighted by Gasteiger charge is -2.19. The molecule has 1 fully saturated rings. The van der Waals surface area contributed by atoms with Gasteiger partial charge in [-0.15, -0.1) is 0 Å². The normalized spacial score (nSPS) is 17.5. The molecule has 1 aromatic carbocycles. The maximum atomic E-state index is 13.9. The Morgan fingerprint density at radius 1 is 1.47 bits per heavy atom. The number of benzene rings is 1. The predicted molar refractivity (Wildman–Crippen MR) is 65.0 cm³/mol. The lowest BCUT2D eigenvalue weighted by molar-refractivity contribution is -0.117. The number of methoxy groups -OCH3 is 1. The van der Waals surface area contributed by atoms with E-state index in [-0.39, 0.29) is 4.47 Å². The molecule has 6 nitrogen and oxygen atoms in total. The number of anilines is 1. The molecule has 1 saturated heterocycles. The molecule has 2 rings (SSSR count). The van der Waals surface area contributed by atoms with Crippen LogP contribution in [0.25, 0.3) is 0 Å². The van der Waals surface area contributed by atoms with Crippen LogP contribution in [0.3, 0.4) is 0 Å². The summed E-state index contributed by atoms with van der Waals surface area (Å²) in [7, 11) is -3.18. The van der Waals surface area contributed by atoms with E-state index in [0.29, 0.717) is 4.31 Å². The van der Waals surface area contributed by atoms with E-state index in [2.05, 4.69) is 20.7 Å². The third-order valence-electron chi connectivity index (χ3n) is 2.38. The second kappa shape index (κ2) is 4.60. The molecule has 1 amide bonds. The molecule has 0 atom stereocenters. The van der Waals surface area contributed by atoms with Gasteiger partial charge in [-0.3, -0.25) is 4.79 Å². The summed E-state index contributed by atoms with van der Waals surface area (Å²) in [5, 5.41) is 0. The van der Waals surface area contributed by atoms with E-state index in [1.807, 2.05) is 0 Å². The third-order valence-corrected chi connectivity index (χ3v) is 4.33. The van der Waals surface area contributed by atoms with Crippen molar-refractivity contribution in [1.29, 1.82) is 0 Å². The highest BCUT2D eigenvalue weighted by molar-refractivity contribution is 9.10. The van der Waals surface area contributed by atoms with Crippen LogP contribution < -0.4 is 13.8 Å². The summed E-state index contributed by atoms with van der Waals surface area (Å²) in [4.78, 5) is 11.1. The molecule has 1 N–H and O–H groups in total. The SMILES string of the molecule is COc1c(F)c(Br)cc(F)c1N1CC(=O)NS1(=O)=O. The van der Waals surface area contributed by atoms with Crippen molar-refractivity contribution >= 4 is 37.7 Å². The zero-order valence-corrected chi connectivity index (χ0v) is 11.8. The van der Waals surface area contributed by atoms with Crippen molar-refractivity contribution in [3.8, 4) is 5.75 Å². The van der Waals surface area contributed by atoms with Crippen LogP contribution in [0.4, 0.5) is 14.5 Å². The van der Waals surface area contributed by atoms with Crippen LogP contribution in [0.1, 0.15) is 0 Å². The number of carbonyl (C=O) groups excluding carboxylic acids is 1. The van der Waals surface area contributed by atoms with E-state index in [1.165, 1.54) is 0 Å². The first-order valence-electron chi connectivity index (χ1n) is 4.82. The summed E-state index contributed by atoms with van der Waals surface area (Å²) in [6.45, 7) is -0.642. The molecule has 1 heterocycles. The van der Waals surface area contributed by atoms with Crippen LogP contribution in [0.15, 0.2) is 10.5 Å². The fourth-order valence-electron chi connectivity index (χ4n) is 1.63. The van der Waals surface area contributed by atoms with Crippen molar-refractivity contribution < 1.29 is 26.7 Å². The van der Waals surface area contributed by atoms with Crippen molar-refractivity contribution in [2.75, 3.05) is 18.0 Å². The molecular weight excluding hydrogens is 350 g/mol. The topological polar surface area (TPSA) is 75.7 Å². The fraction of sp³-hybridized carbons (Fsp3) is 0.222. The van der Waals surface area contributed by atoms with Gasteiger partial charge in [-0.1, -0.05) is 0 Å². The minimum atomic E-state index is -4.24. The fourth-order valence-corrected chi connectivity index (χ4v) is 3.17. The molecule has 0 saturated carbocycles. The van der Waals surface area contributed by atoms with Crippen LogP contribution in [0.5, 0.6) is 5.75 Å². The number of ether oxygens (including phenoxy) is 1. The summed E-state index contributed by atoms with van der Waals surface area (Å²) < 4.78 is 57.5. The highest BCUT2D eigenvalue weighted by Gasteiger charge is 2.38. The molecule has 0 bridgehead atoms. The monoisotopic (exact) mass is 356 g/mol. The van der Waals surface area contributed by atoms with Gasteiger partial charge in [0, 0.05) is 0 Å². The molecular formula is C9H7BrF2N2O4S. The summed E-state index contributed by atoms with van der Waals surface area (Å²) >= 11 is 2.78. The Hall–Kier alpha value is -1.42. The molecule has 0 spiro atoms. The Morgan fingerprint density at radius 2 is 2.11 bits per heavy atom. The first kappa shape index (κ1) is 14.0. The molecule has 0 unspecified atom stereocenters. The highest BCUT2D eigenvalue weighted by atomic mass is 79.9. The summed E-state index contributed by atoms with van der Waals surface area (Å²) in [5.41, 5.74) is -0.651. The lowest BCUT2D eigenvalue weighted by atomic mass is 10.2. The zero-order valence-electron chi connectivity index (χ0n) is 9.41. The first-order chi connectivity index (χ1) is 8.77. The number of hydrogen-bond acceptors (Lipinski definition) is 4. The highest BCUT2D eigenvalue weighted by Crippen LogP contribution is 2.39. The molecule has 1 aromatic rings. The standard InChI is InChI=1S/C9H7BrF2N2O4S/c1-18-9-7(12)4(10)2-5(11)8(9)14-3-6(15)13-19(14,16)17/h2H,3H2,1H3,(H,13,15).